The van der Waals surface area contributed by atoms with Crippen molar-refractivity contribution in [3.05, 3.63) is 100 Å². The van der Waals surface area contributed by atoms with Crippen LogP contribution in [0.1, 0.15) is 11.3 Å². The molecule has 5 aromatic rings. The van der Waals surface area contributed by atoms with Gasteiger partial charge < -0.3 is 14.6 Å². The van der Waals surface area contributed by atoms with Crippen LogP contribution in [-0.4, -0.2) is 32.0 Å². The van der Waals surface area contributed by atoms with Gasteiger partial charge in [0.25, 0.3) is 17.4 Å². The molecule has 0 atom stereocenters. The van der Waals surface area contributed by atoms with E-state index in [0.29, 0.717) is 28.5 Å². The Balaban J connectivity index is 1.33. The largest absolute Gasteiger partial charge is 0.483 e. The number of anilines is 1. The number of carbonyl (C=O) groups excluding carboxylic acids is 1. The molecule has 5 rings (SSSR count). The Morgan fingerprint density at radius 1 is 1.00 bits per heavy atom. The summed E-state index contributed by atoms with van der Waals surface area (Å²) in [5.41, 5.74) is 3.69. The molecular formula is C28H25N5O4. The first-order chi connectivity index (χ1) is 17.9. The molecule has 0 radical (unpaired) electrons. The second-order valence-electron chi connectivity index (χ2n) is 8.56. The van der Waals surface area contributed by atoms with Crippen LogP contribution in [0.5, 0.6) is 5.75 Å². The van der Waals surface area contributed by atoms with Gasteiger partial charge in [-0.05, 0) is 44.2 Å². The predicted octanol–water partition coefficient (Wildman–Crippen LogP) is 4.53. The van der Waals surface area contributed by atoms with Gasteiger partial charge in [0.1, 0.15) is 11.4 Å². The Bertz CT molecular complexity index is 1630. The lowest BCUT2D eigenvalue weighted by Gasteiger charge is -2.09. The predicted molar refractivity (Wildman–Crippen MR) is 140 cm³/mol. The second-order valence-corrected chi connectivity index (χ2v) is 8.56. The van der Waals surface area contributed by atoms with Gasteiger partial charge >= 0.3 is 0 Å². The first-order valence-corrected chi connectivity index (χ1v) is 11.7. The van der Waals surface area contributed by atoms with Crippen LogP contribution in [0.15, 0.2) is 88.2 Å². The van der Waals surface area contributed by atoms with Crippen LogP contribution in [0, 0.1) is 13.8 Å². The number of carbonyl (C=O) groups is 1. The molecule has 0 aliphatic heterocycles. The van der Waals surface area contributed by atoms with Crippen LogP contribution in [0.25, 0.3) is 28.5 Å². The number of benzene rings is 3. The molecule has 0 spiro atoms. The molecule has 1 N–H and O–H groups in total. The van der Waals surface area contributed by atoms with E-state index >= 15 is 0 Å². The first-order valence-electron chi connectivity index (χ1n) is 11.7. The van der Waals surface area contributed by atoms with E-state index in [2.05, 4.69) is 15.5 Å². The zero-order chi connectivity index (χ0) is 25.9. The molecule has 186 valence electrons. The zero-order valence-corrected chi connectivity index (χ0v) is 20.6. The van der Waals surface area contributed by atoms with Crippen molar-refractivity contribution in [2.45, 2.75) is 13.8 Å². The first kappa shape index (κ1) is 23.8. The fourth-order valence-electron chi connectivity index (χ4n) is 4.03. The number of amides is 1. The molecule has 0 bridgehead atoms. The summed E-state index contributed by atoms with van der Waals surface area (Å²) in [6.07, 6.45) is 0. The zero-order valence-electron chi connectivity index (χ0n) is 20.6. The fraction of sp³-hybridized carbons (Fsp3) is 0.143. The van der Waals surface area contributed by atoms with E-state index in [1.165, 1.54) is 4.68 Å². The molecule has 2 aromatic heterocycles. The molecule has 0 unspecified atom stereocenters. The van der Waals surface area contributed by atoms with E-state index in [0.717, 1.165) is 11.1 Å². The van der Waals surface area contributed by atoms with Gasteiger partial charge in [0.15, 0.2) is 6.61 Å². The highest BCUT2D eigenvalue weighted by Crippen LogP contribution is 2.30. The van der Waals surface area contributed by atoms with E-state index in [1.54, 1.807) is 36.9 Å². The maximum atomic E-state index is 13.1. The average molecular weight is 496 g/mol. The van der Waals surface area contributed by atoms with Crippen molar-refractivity contribution >= 4 is 11.6 Å². The third kappa shape index (κ3) is 4.79. The molecule has 0 fully saturated rings. The molecule has 1 amide bonds. The monoisotopic (exact) mass is 495 g/mol. The summed E-state index contributed by atoms with van der Waals surface area (Å²) in [6, 6.07) is 24.1. The highest BCUT2D eigenvalue weighted by Gasteiger charge is 2.20. The highest BCUT2D eigenvalue weighted by atomic mass is 16.5. The van der Waals surface area contributed by atoms with Crippen molar-refractivity contribution in [3.63, 3.8) is 0 Å². The molecule has 0 saturated carbocycles. The quantitative estimate of drug-likeness (QED) is 0.356. The smallest absolute Gasteiger partial charge is 0.295 e. The minimum absolute atomic E-state index is 0.202. The van der Waals surface area contributed by atoms with Crippen molar-refractivity contribution in [2.75, 3.05) is 11.9 Å². The summed E-state index contributed by atoms with van der Waals surface area (Å²) >= 11 is 0. The van der Waals surface area contributed by atoms with Gasteiger partial charge in [0, 0.05) is 12.6 Å². The third-order valence-electron chi connectivity index (χ3n) is 6.00. The summed E-state index contributed by atoms with van der Waals surface area (Å²) in [6.45, 7) is 3.45. The van der Waals surface area contributed by atoms with Crippen LogP contribution < -0.4 is 15.6 Å². The number of para-hydroxylation sites is 2. The van der Waals surface area contributed by atoms with Crippen molar-refractivity contribution in [1.29, 1.82) is 0 Å². The number of nitrogens with zero attached hydrogens (tertiary/aromatic N) is 4. The lowest BCUT2D eigenvalue weighted by Crippen LogP contribution is -2.25. The number of ether oxygens (including phenoxy) is 1. The van der Waals surface area contributed by atoms with E-state index < -0.39 is 5.91 Å². The van der Waals surface area contributed by atoms with E-state index in [1.807, 2.05) is 67.6 Å². The SMILES string of the molecule is Cc1cccc(-c2noc(-c3ccccc3OCC(=O)Nc3c(C)n(C)n(-c4ccccc4)c3=O)n2)c1. The van der Waals surface area contributed by atoms with Crippen molar-refractivity contribution < 1.29 is 14.1 Å². The number of aryl methyl sites for hydroxylation is 1. The Morgan fingerprint density at radius 3 is 2.54 bits per heavy atom. The summed E-state index contributed by atoms with van der Waals surface area (Å²) in [5.74, 6) is 0.674. The van der Waals surface area contributed by atoms with Gasteiger partial charge in [0.2, 0.25) is 5.82 Å². The summed E-state index contributed by atoms with van der Waals surface area (Å²) < 4.78 is 14.5. The number of hydrogen-bond donors (Lipinski definition) is 1. The maximum absolute atomic E-state index is 13.1. The van der Waals surface area contributed by atoms with E-state index in [4.69, 9.17) is 9.26 Å². The Labute approximate surface area is 212 Å². The van der Waals surface area contributed by atoms with Crippen LogP contribution in [0.3, 0.4) is 0 Å². The van der Waals surface area contributed by atoms with E-state index in [-0.39, 0.29) is 23.7 Å². The van der Waals surface area contributed by atoms with E-state index in [9.17, 15) is 9.59 Å². The summed E-state index contributed by atoms with van der Waals surface area (Å²) in [5, 5.41) is 6.79. The van der Waals surface area contributed by atoms with Crippen molar-refractivity contribution in [1.82, 2.24) is 19.5 Å². The summed E-state index contributed by atoms with van der Waals surface area (Å²) in [4.78, 5) is 30.3. The molecule has 0 saturated heterocycles. The third-order valence-corrected chi connectivity index (χ3v) is 6.00. The van der Waals surface area contributed by atoms with Crippen LogP contribution in [0.2, 0.25) is 0 Å². The molecule has 0 aliphatic rings. The van der Waals surface area contributed by atoms with Crippen LogP contribution >= 0.6 is 0 Å². The fourth-order valence-corrected chi connectivity index (χ4v) is 4.03. The lowest BCUT2D eigenvalue weighted by molar-refractivity contribution is -0.118. The minimum Gasteiger partial charge on any atom is -0.483 e. The van der Waals surface area contributed by atoms with Gasteiger partial charge in [-0.1, -0.05) is 59.3 Å². The molecule has 2 heterocycles. The highest BCUT2D eigenvalue weighted by molar-refractivity contribution is 5.92. The van der Waals surface area contributed by atoms with Crippen LogP contribution in [-0.2, 0) is 11.8 Å². The maximum Gasteiger partial charge on any atom is 0.295 e. The Kier molecular flexibility index (Phi) is 6.42. The van der Waals surface area contributed by atoms with Crippen molar-refractivity contribution in [3.8, 4) is 34.3 Å². The van der Waals surface area contributed by atoms with Gasteiger partial charge in [-0.3, -0.25) is 14.3 Å². The summed E-state index contributed by atoms with van der Waals surface area (Å²) in [7, 11) is 1.77. The van der Waals surface area contributed by atoms with Crippen LogP contribution in [0.4, 0.5) is 5.69 Å². The van der Waals surface area contributed by atoms with Gasteiger partial charge in [0.05, 0.1) is 16.9 Å². The van der Waals surface area contributed by atoms with Gasteiger partial charge in [-0.2, -0.15) is 4.98 Å². The molecule has 37 heavy (non-hydrogen) atoms. The Morgan fingerprint density at radius 2 is 1.76 bits per heavy atom. The molecule has 3 aromatic carbocycles. The molecule has 0 aliphatic carbocycles. The normalized spacial score (nSPS) is 10.9. The number of rotatable bonds is 7. The second kappa shape index (κ2) is 9.98. The topological polar surface area (TPSA) is 104 Å². The molecule has 9 heteroatoms. The standard InChI is InChI=1S/C28H25N5O4/c1-18-10-9-11-20(16-18)26-30-27(37-31-26)22-14-7-8-15-23(22)36-17-24(34)29-25-19(2)32(3)33(28(25)35)21-12-5-4-6-13-21/h4-16H,17H2,1-3H3,(H,29,34). The molecular weight excluding hydrogens is 470 g/mol. The molecule has 9 nitrogen and oxygen atoms in total. The number of hydrogen-bond acceptors (Lipinski definition) is 6. The number of aromatic nitrogens is 4. The Hall–Kier alpha value is -4.92. The lowest BCUT2D eigenvalue weighted by atomic mass is 10.1. The average Bonchev–Trinajstić information content (AvgIpc) is 3.48. The van der Waals surface area contributed by atoms with Gasteiger partial charge in [-0.15, -0.1) is 0 Å². The van der Waals surface area contributed by atoms with Crippen molar-refractivity contribution in [2.24, 2.45) is 7.05 Å². The number of nitrogens with one attached hydrogen (secondary N) is 1. The minimum atomic E-state index is -0.466. The van der Waals surface area contributed by atoms with Gasteiger partial charge in [-0.25, -0.2) is 4.68 Å².